The van der Waals surface area contributed by atoms with E-state index in [1.165, 1.54) is 12.1 Å². The van der Waals surface area contributed by atoms with E-state index in [1.807, 2.05) is 6.92 Å². The topological polar surface area (TPSA) is 96.7 Å². The van der Waals surface area contributed by atoms with Gasteiger partial charge in [0.1, 0.15) is 4.90 Å². The number of anilines is 1. The Labute approximate surface area is 162 Å². The van der Waals surface area contributed by atoms with Crippen molar-refractivity contribution in [3.8, 4) is 0 Å². The van der Waals surface area contributed by atoms with Crippen LogP contribution in [0.15, 0.2) is 28.5 Å². The highest BCUT2D eigenvalue weighted by atomic mass is 32.2. The summed E-state index contributed by atoms with van der Waals surface area (Å²) in [6, 6.07) is 4.34. The highest BCUT2D eigenvalue weighted by Crippen LogP contribution is 2.29. The molecular weight excluding hydrogens is 388 g/mol. The van der Waals surface area contributed by atoms with Crippen LogP contribution in [0.1, 0.15) is 17.1 Å². The number of aryl methyl sites for hydroxylation is 1. The molecule has 1 fully saturated rings. The molecule has 2 aromatic rings. The van der Waals surface area contributed by atoms with Gasteiger partial charge in [-0.1, -0.05) is 0 Å². The van der Waals surface area contributed by atoms with E-state index in [0.29, 0.717) is 5.69 Å². The lowest BCUT2D eigenvalue weighted by atomic mass is 10.2. The van der Waals surface area contributed by atoms with Crippen LogP contribution in [0.3, 0.4) is 0 Å². The molecule has 0 aliphatic carbocycles. The zero-order valence-electron chi connectivity index (χ0n) is 15.3. The molecule has 0 atom stereocenters. The van der Waals surface area contributed by atoms with Crippen molar-refractivity contribution in [3.63, 3.8) is 0 Å². The van der Waals surface area contributed by atoms with Gasteiger partial charge in [0.2, 0.25) is 0 Å². The number of aromatic nitrogens is 1. The molecule has 3 rings (SSSR count). The summed E-state index contributed by atoms with van der Waals surface area (Å²) < 4.78 is 24.0. The summed E-state index contributed by atoms with van der Waals surface area (Å²) in [6.07, 6.45) is 1.92. The number of nitro benzene ring substituents is 1. The number of sulfone groups is 1. The van der Waals surface area contributed by atoms with Gasteiger partial charge in [-0.2, -0.15) is 0 Å². The molecule has 0 amide bonds. The molecule has 0 unspecified atom stereocenters. The maximum atomic E-state index is 12.0. The van der Waals surface area contributed by atoms with Crippen LogP contribution < -0.4 is 4.90 Å². The van der Waals surface area contributed by atoms with E-state index >= 15 is 0 Å². The maximum Gasteiger partial charge on any atom is 0.288 e. The Morgan fingerprint density at radius 1 is 1.26 bits per heavy atom. The van der Waals surface area contributed by atoms with E-state index in [0.717, 1.165) is 56.1 Å². The third kappa shape index (κ3) is 4.82. The zero-order valence-corrected chi connectivity index (χ0v) is 16.9. The molecule has 8 nitrogen and oxygen atoms in total. The smallest absolute Gasteiger partial charge is 0.288 e. The minimum atomic E-state index is -3.68. The third-order valence-electron chi connectivity index (χ3n) is 4.55. The van der Waals surface area contributed by atoms with E-state index in [1.54, 1.807) is 17.4 Å². The molecule has 1 saturated heterocycles. The Balaban J connectivity index is 1.76. The van der Waals surface area contributed by atoms with Gasteiger partial charge in [0.25, 0.3) is 5.69 Å². The van der Waals surface area contributed by atoms with Gasteiger partial charge in [-0.25, -0.2) is 13.4 Å². The van der Waals surface area contributed by atoms with Crippen molar-refractivity contribution in [1.82, 2.24) is 9.88 Å². The van der Waals surface area contributed by atoms with Gasteiger partial charge in [-0.05, 0) is 25.5 Å². The first-order valence-electron chi connectivity index (χ1n) is 8.61. The van der Waals surface area contributed by atoms with Gasteiger partial charge in [0.15, 0.2) is 9.84 Å². The first-order valence-corrected chi connectivity index (χ1v) is 11.4. The Hall–Kier alpha value is -2.04. The largest absolute Gasteiger partial charge is 0.370 e. The lowest BCUT2D eigenvalue weighted by Gasteiger charge is -2.23. The fraction of sp³-hybridized carbons (Fsp3) is 0.471. The van der Waals surface area contributed by atoms with Crippen LogP contribution in [0, 0.1) is 17.0 Å². The summed E-state index contributed by atoms with van der Waals surface area (Å²) in [7, 11) is -3.68. The highest BCUT2D eigenvalue weighted by Gasteiger charge is 2.24. The van der Waals surface area contributed by atoms with E-state index < -0.39 is 14.8 Å². The number of hydrogen-bond donors (Lipinski definition) is 0. The highest BCUT2D eigenvalue weighted by molar-refractivity contribution is 7.90. The molecule has 2 heterocycles. The second kappa shape index (κ2) is 7.91. The van der Waals surface area contributed by atoms with Crippen LogP contribution in [0.25, 0.3) is 0 Å². The minimum absolute atomic E-state index is 0.232. The van der Waals surface area contributed by atoms with Gasteiger partial charge in [0.05, 0.1) is 15.6 Å². The van der Waals surface area contributed by atoms with Crippen LogP contribution in [-0.4, -0.2) is 55.7 Å². The number of benzene rings is 1. The molecular formula is C17H22N4O4S2. The van der Waals surface area contributed by atoms with Crippen molar-refractivity contribution in [1.29, 1.82) is 0 Å². The Morgan fingerprint density at radius 2 is 2.04 bits per heavy atom. The van der Waals surface area contributed by atoms with Gasteiger partial charge in [0, 0.05) is 56.1 Å². The minimum Gasteiger partial charge on any atom is -0.370 e. The summed E-state index contributed by atoms with van der Waals surface area (Å²) in [5.74, 6) is 0. The number of nitro groups is 1. The molecule has 1 aromatic carbocycles. The number of nitrogens with zero attached hydrogens (tertiary/aromatic N) is 4. The summed E-state index contributed by atoms with van der Waals surface area (Å²) in [6.45, 7) is 6.04. The molecule has 0 bridgehead atoms. The standard InChI is InChI=1S/C17H22N4O4S2/c1-13-18-14(12-26-13)11-19-6-3-7-20(9-8-19)15-4-5-16(21(22)23)17(10-15)27(2,24)25/h4-5,10,12H,3,6-9,11H2,1-2H3. The van der Waals surface area contributed by atoms with E-state index in [4.69, 9.17) is 0 Å². The van der Waals surface area contributed by atoms with Gasteiger partial charge in [-0.3, -0.25) is 15.0 Å². The predicted octanol–water partition coefficient (Wildman–Crippen LogP) is 2.48. The molecule has 0 N–H and O–H groups in total. The molecule has 0 spiro atoms. The van der Waals surface area contributed by atoms with Crippen LogP contribution in [0.4, 0.5) is 11.4 Å². The number of rotatable bonds is 5. The summed E-state index contributed by atoms with van der Waals surface area (Å²) in [5, 5.41) is 14.3. The predicted molar refractivity (Wildman–Crippen MR) is 105 cm³/mol. The molecule has 0 radical (unpaired) electrons. The first-order chi connectivity index (χ1) is 12.7. The summed E-state index contributed by atoms with van der Waals surface area (Å²) >= 11 is 1.64. The molecule has 1 aliphatic heterocycles. The van der Waals surface area contributed by atoms with Gasteiger partial charge < -0.3 is 4.90 Å². The first kappa shape index (κ1) is 19.7. The Bertz CT molecular complexity index is 942. The van der Waals surface area contributed by atoms with Crippen LogP contribution >= 0.6 is 11.3 Å². The average molecular weight is 411 g/mol. The Morgan fingerprint density at radius 3 is 2.67 bits per heavy atom. The Kier molecular flexibility index (Phi) is 5.78. The third-order valence-corrected chi connectivity index (χ3v) is 6.49. The van der Waals surface area contributed by atoms with Gasteiger partial charge >= 0.3 is 0 Å². The second-order valence-corrected chi connectivity index (χ2v) is 9.70. The monoisotopic (exact) mass is 410 g/mol. The summed E-state index contributed by atoms with van der Waals surface area (Å²) in [4.78, 5) is 19.2. The second-order valence-electron chi connectivity index (χ2n) is 6.66. The van der Waals surface area contributed by atoms with Crippen molar-refractivity contribution in [2.24, 2.45) is 0 Å². The van der Waals surface area contributed by atoms with E-state index in [-0.39, 0.29) is 10.6 Å². The molecule has 10 heteroatoms. The van der Waals surface area contributed by atoms with Crippen LogP contribution in [0.2, 0.25) is 0 Å². The maximum absolute atomic E-state index is 12.0. The zero-order chi connectivity index (χ0) is 19.6. The number of hydrogen-bond acceptors (Lipinski definition) is 8. The van der Waals surface area contributed by atoms with Crippen molar-refractivity contribution < 1.29 is 13.3 Å². The molecule has 1 aliphatic rings. The number of thiazole rings is 1. The van der Waals surface area contributed by atoms with Crippen molar-refractivity contribution in [2.75, 3.05) is 37.3 Å². The van der Waals surface area contributed by atoms with E-state index in [2.05, 4.69) is 20.2 Å². The van der Waals surface area contributed by atoms with Crippen LogP contribution in [0.5, 0.6) is 0 Å². The molecule has 146 valence electrons. The van der Waals surface area contributed by atoms with Crippen molar-refractivity contribution >= 4 is 32.5 Å². The quantitative estimate of drug-likeness (QED) is 0.552. The SMILES string of the molecule is Cc1nc(CN2CCCN(c3ccc([N+](=O)[O-])c(S(C)(=O)=O)c3)CC2)cs1. The fourth-order valence-corrected chi connectivity index (χ4v) is 4.71. The van der Waals surface area contributed by atoms with Crippen molar-refractivity contribution in [3.05, 3.63) is 44.4 Å². The summed E-state index contributed by atoms with van der Waals surface area (Å²) in [5.41, 5.74) is 1.39. The fourth-order valence-electron chi connectivity index (χ4n) is 3.24. The molecule has 27 heavy (non-hydrogen) atoms. The molecule has 1 aromatic heterocycles. The average Bonchev–Trinajstić information content (AvgIpc) is 2.87. The normalized spacial score (nSPS) is 16.3. The van der Waals surface area contributed by atoms with Crippen molar-refractivity contribution in [2.45, 2.75) is 24.8 Å². The lowest BCUT2D eigenvalue weighted by Crippen LogP contribution is -2.30. The van der Waals surface area contributed by atoms with Crippen LogP contribution in [-0.2, 0) is 16.4 Å². The van der Waals surface area contributed by atoms with Gasteiger partial charge in [-0.15, -0.1) is 11.3 Å². The van der Waals surface area contributed by atoms with E-state index in [9.17, 15) is 18.5 Å². The lowest BCUT2D eigenvalue weighted by molar-refractivity contribution is -0.387. The molecule has 0 saturated carbocycles.